The van der Waals surface area contributed by atoms with Crippen molar-refractivity contribution >= 4 is 11.8 Å². The highest BCUT2D eigenvalue weighted by Crippen LogP contribution is 2.20. The lowest BCUT2D eigenvalue weighted by Crippen LogP contribution is -2.55. The van der Waals surface area contributed by atoms with Crippen LogP contribution in [0.1, 0.15) is 43.0 Å². The van der Waals surface area contributed by atoms with Crippen LogP contribution >= 0.6 is 0 Å². The summed E-state index contributed by atoms with van der Waals surface area (Å²) in [4.78, 5) is 28.5. The highest BCUT2D eigenvalue weighted by molar-refractivity contribution is 5.89. The topological polar surface area (TPSA) is 58.6 Å². The molecule has 0 saturated heterocycles. The molecular weight excluding hydrogens is 455 g/mol. The highest BCUT2D eigenvalue weighted by atomic mass is 19.1. The Hall–Kier alpha value is -3.67. The minimum absolute atomic E-state index is 0.0587. The van der Waals surface area contributed by atoms with Gasteiger partial charge >= 0.3 is 0 Å². The van der Waals surface area contributed by atoms with Crippen molar-refractivity contribution in [2.45, 2.75) is 59.2 Å². The van der Waals surface area contributed by atoms with Crippen molar-refractivity contribution in [2.75, 3.05) is 6.61 Å². The Balaban J connectivity index is 1.94. The predicted molar refractivity (Wildman–Crippen MR) is 140 cm³/mol. The molecule has 6 heteroatoms. The van der Waals surface area contributed by atoms with Gasteiger partial charge in [-0.3, -0.25) is 9.59 Å². The first-order valence-electron chi connectivity index (χ1n) is 12.1. The van der Waals surface area contributed by atoms with Gasteiger partial charge in [0.15, 0.2) is 6.61 Å². The summed E-state index contributed by atoms with van der Waals surface area (Å²) >= 11 is 0. The monoisotopic (exact) mass is 490 g/mol. The number of nitrogens with zero attached hydrogens (tertiary/aromatic N) is 1. The van der Waals surface area contributed by atoms with Crippen LogP contribution in [0, 0.1) is 19.7 Å². The molecule has 0 aliphatic rings. The summed E-state index contributed by atoms with van der Waals surface area (Å²) in [6, 6.07) is 20.5. The van der Waals surface area contributed by atoms with Crippen LogP contribution in [0.15, 0.2) is 72.8 Å². The molecule has 36 heavy (non-hydrogen) atoms. The number of aryl methyl sites for hydroxylation is 2. The second-order valence-electron chi connectivity index (χ2n) is 10.1. The van der Waals surface area contributed by atoms with Gasteiger partial charge in [0.2, 0.25) is 5.91 Å². The Morgan fingerprint density at radius 3 is 2.25 bits per heavy atom. The Morgan fingerprint density at radius 1 is 0.944 bits per heavy atom. The van der Waals surface area contributed by atoms with E-state index in [4.69, 9.17) is 4.74 Å². The number of benzene rings is 3. The summed E-state index contributed by atoms with van der Waals surface area (Å²) in [5.41, 5.74) is 2.90. The van der Waals surface area contributed by atoms with Gasteiger partial charge < -0.3 is 15.0 Å². The second-order valence-corrected chi connectivity index (χ2v) is 10.1. The number of halogens is 1. The molecule has 0 heterocycles. The molecule has 2 amide bonds. The number of ether oxygens (including phenoxy) is 1. The van der Waals surface area contributed by atoms with Gasteiger partial charge in [-0.05, 0) is 69.5 Å². The normalized spacial score (nSPS) is 12.1. The molecule has 0 spiro atoms. The molecule has 0 aliphatic heterocycles. The highest BCUT2D eigenvalue weighted by Gasteiger charge is 2.33. The number of hydrogen-bond donors (Lipinski definition) is 1. The smallest absolute Gasteiger partial charge is 0.261 e. The van der Waals surface area contributed by atoms with Gasteiger partial charge in [-0.15, -0.1) is 0 Å². The number of hydrogen-bond acceptors (Lipinski definition) is 3. The van der Waals surface area contributed by atoms with Crippen LogP contribution in [0.4, 0.5) is 4.39 Å². The molecule has 0 fully saturated rings. The molecule has 0 aliphatic carbocycles. The molecule has 1 unspecified atom stereocenters. The first-order chi connectivity index (χ1) is 17.0. The fourth-order valence-electron chi connectivity index (χ4n) is 3.85. The largest absolute Gasteiger partial charge is 0.484 e. The predicted octanol–water partition coefficient (Wildman–Crippen LogP) is 5.38. The van der Waals surface area contributed by atoms with Crippen LogP contribution in [0.2, 0.25) is 0 Å². The fourth-order valence-corrected chi connectivity index (χ4v) is 3.85. The van der Waals surface area contributed by atoms with Crippen molar-refractivity contribution in [3.63, 3.8) is 0 Å². The van der Waals surface area contributed by atoms with Crippen molar-refractivity contribution in [2.24, 2.45) is 0 Å². The third kappa shape index (κ3) is 7.67. The fraction of sp³-hybridized carbons (Fsp3) is 0.333. The van der Waals surface area contributed by atoms with E-state index in [1.165, 1.54) is 11.0 Å². The third-order valence-corrected chi connectivity index (χ3v) is 5.91. The summed E-state index contributed by atoms with van der Waals surface area (Å²) in [5.74, 6) is -0.570. The average Bonchev–Trinajstić information content (AvgIpc) is 2.82. The molecule has 190 valence electrons. The van der Waals surface area contributed by atoms with Gasteiger partial charge in [-0.25, -0.2) is 4.39 Å². The van der Waals surface area contributed by atoms with E-state index in [1.807, 2.05) is 83.1 Å². The third-order valence-electron chi connectivity index (χ3n) is 5.91. The Labute approximate surface area is 213 Å². The average molecular weight is 491 g/mol. The lowest BCUT2D eigenvalue weighted by Gasteiger charge is -2.33. The first kappa shape index (κ1) is 26.9. The maximum absolute atomic E-state index is 14.6. The Bertz CT molecular complexity index is 1190. The van der Waals surface area contributed by atoms with Gasteiger partial charge in [0.1, 0.15) is 17.6 Å². The molecule has 5 nitrogen and oxygen atoms in total. The zero-order valence-corrected chi connectivity index (χ0v) is 21.7. The lowest BCUT2D eigenvalue weighted by atomic mass is 10.0. The molecule has 1 atom stereocenters. The second kappa shape index (κ2) is 11.8. The molecule has 0 saturated carbocycles. The SMILES string of the molecule is Cc1ccc(OCC(=O)N(Cc2ccccc2F)C(Cc2ccccc2)C(=O)NC(C)(C)C)cc1C. The number of carbonyl (C=O) groups excluding carboxylic acids is 2. The van der Waals surface area contributed by atoms with E-state index in [2.05, 4.69) is 5.32 Å². The van der Waals surface area contributed by atoms with Crippen LogP contribution in [0.5, 0.6) is 5.75 Å². The Kier molecular flexibility index (Phi) is 8.86. The molecule has 3 aromatic carbocycles. The van der Waals surface area contributed by atoms with Crippen molar-refractivity contribution in [3.05, 3.63) is 101 Å². The van der Waals surface area contributed by atoms with Gasteiger partial charge in [0.05, 0.1) is 0 Å². The standard InChI is InChI=1S/C30H35FN2O3/c1-21-15-16-25(17-22(21)2)36-20-28(34)33(19-24-13-9-10-14-26(24)31)27(29(35)32-30(3,4)5)18-23-11-7-6-8-12-23/h6-17,27H,18-20H2,1-5H3,(H,32,35). The summed E-state index contributed by atoms with van der Waals surface area (Å²) in [6.07, 6.45) is 0.284. The molecule has 0 bridgehead atoms. The van der Waals surface area contributed by atoms with Gasteiger partial charge in [0.25, 0.3) is 5.91 Å². The first-order valence-corrected chi connectivity index (χ1v) is 12.1. The van der Waals surface area contributed by atoms with Crippen molar-refractivity contribution in [3.8, 4) is 5.75 Å². The molecule has 0 radical (unpaired) electrons. The van der Waals surface area contributed by atoms with Crippen LogP contribution in [-0.4, -0.2) is 34.9 Å². The van der Waals surface area contributed by atoms with E-state index in [-0.39, 0.29) is 25.5 Å². The van der Waals surface area contributed by atoms with Gasteiger partial charge in [-0.2, -0.15) is 0 Å². The maximum Gasteiger partial charge on any atom is 0.261 e. The van der Waals surface area contributed by atoms with Crippen molar-refractivity contribution < 1.29 is 18.7 Å². The summed E-state index contributed by atoms with van der Waals surface area (Å²) in [6.45, 7) is 9.30. The number of rotatable bonds is 9. The van der Waals surface area contributed by atoms with E-state index in [0.717, 1.165) is 16.7 Å². The molecule has 3 aromatic rings. The molecular formula is C30H35FN2O3. The minimum atomic E-state index is -0.859. The summed E-state index contributed by atoms with van der Waals surface area (Å²) < 4.78 is 20.5. The molecule has 0 aromatic heterocycles. The summed E-state index contributed by atoms with van der Waals surface area (Å²) in [5, 5.41) is 3.00. The van der Waals surface area contributed by atoms with Gasteiger partial charge in [0, 0.05) is 24.1 Å². The minimum Gasteiger partial charge on any atom is -0.484 e. The van der Waals surface area contributed by atoms with Crippen molar-refractivity contribution in [1.29, 1.82) is 0 Å². The van der Waals surface area contributed by atoms with E-state index >= 15 is 0 Å². The number of nitrogens with one attached hydrogen (secondary N) is 1. The van der Waals surface area contributed by atoms with Crippen molar-refractivity contribution in [1.82, 2.24) is 10.2 Å². The zero-order chi connectivity index (χ0) is 26.3. The molecule has 1 N–H and O–H groups in total. The molecule has 3 rings (SSSR count). The van der Waals surface area contributed by atoms with Crippen LogP contribution in [0.3, 0.4) is 0 Å². The van der Waals surface area contributed by atoms with E-state index in [9.17, 15) is 14.0 Å². The van der Waals surface area contributed by atoms with Crippen LogP contribution < -0.4 is 10.1 Å². The van der Waals surface area contributed by atoms with E-state index in [1.54, 1.807) is 18.2 Å². The zero-order valence-electron chi connectivity index (χ0n) is 21.7. The summed E-state index contributed by atoms with van der Waals surface area (Å²) in [7, 11) is 0. The van der Waals surface area contributed by atoms with Gasteiger partial charge in [-0.1, -0.05) is 54.6 Å². The quantitative estimate of drug-likeness (QED) is 0.438. The maximum atomic E-state index is 14.6. The van der Waals surface area contributed by atoms with Crippen LogP contribution in [0.25, 0.3) is 0 Å². The van der Waals surface area contributed by atoms with E-state index in [0.29, 0.717) is 11.3 Å². The van der Waals surface area contributed by atoms with Crippen LogP contribution in [-0.2, 0) is 22.6 Å². The lowest BCUT2D eigenvalue weighted by molar-refractivity contribution is -0.143. The Morgan fingerprint density at radius 2 is 1.61 bits per heavy atom. The van der Waals surface area contributed by atoms with E-state index < -0.39 is 23.3 Å². The number of amides is 2. The number of carbonyl (C=O) groups is 2.